The number of hydrogen-bond acceptors (Lipinski definition) is 8. The second-order valence-electron chi connectivity index (χ2n) is 5.62. The van der Waals surface area contributed by atoms with Crippen molar-refractivity contribution in [2.45, 2.75) is 25.8 Å². The van der Waals surface area contributed by atoms with Gasteiger partial charge in [0.1, 0.15) is 17.8 Å². The van der Waals surface area contributed by atoms with Crippen LogP contribution in [-0.2, 0) is 0 Å². The van der Waals surface area contributed by atoms with E-state index in [4.69, 9.17) is 0 Å². The van der Waals surface area contributed by atoms with Crippen LogP contribution in [0.25, 0.3) is 0 Å². The Morgan fingerprint density at radius 3 is 2.88 bits per heavy atom. The second-order valence-corrected chi connectivity index (χ2v) is 6.52. The van der Waals surface area contributed by atoms with Gasteiger partial charge in [-0.05, 0) is 19.8 Å². The Morgan fingerprint density at radius 2 is 2.04 bits per heavy atom. The number of thiazole rings is 1. The summed E-state index contributed by atoms with van der Waals surface area (Å²) in [6, 6.07) is 2.17. The van der Waals surface area contributed by atoms with Crippen molar-refractivity contribution in [3.05, 3.63) is 47.8 Å². The summed E-state index contributed by atoms with van der Waals surface area (Å²) in [7, 11) is 0. The maximum absolute atomic E-state index is 4.61. The van der Waals surface area contributed by atoms with Crippen LogP contribution in [0.1, 0.15) is 30.3 Å². The molecule has 0 radical (unpaired) electrons. The van der Waals surface area contributed by atoms with E-state index < -0.39 is 0 Å². The zero-order chi connectivity index (χ0) is 16.4. The van der Waals surface area contributed by atoms with Crippen LogP contribution in [0.15, 0.2) is 36.4 Å². The molecule has 0 bridgehead atoms. The van der Waals surface area contributed by atoms with E-state index in [9.17, 15) is 0 Å². The summed E-state index contributed by atoms with van der Waals surface area (Å²) in [6.45, 7) is 2.93. The minimum Gasteiger partial charge on any atom is -0.348 e. The van der Waals surface area contributed by atoms with Crippen molar-refractivity contribution in [1.29, 1.82) is 0 Å². The predicted octanol–water partition coefficient (Wildman–Crippen LogP) is 3.12. The third-order valence-electron chi connectivity index (χ3n) is 4.04. The molecule has 1 unspecified atom stereocenters. The van der Waals surface area contributed by atoms with E-state index in [1.165, 1.54) is 0 Å². The van der Waals surface area contributed by atoms with Gasteiger partial charge in [0.15, 0.2) is 10.9 Å². The van der Waals surface area contributed by atoms with Gasteiger partial charge >= 0.3 is 0 Å². The molecule has 1 atom stereocenters. The molecule has 0 aromatic carbocycles. The highest BCUT2D eigenvalue weighted by Crippen LogP contribution is 2.37. The van der Waals surface area contributed by atoms with E-state index in [2.05, 4.69) is 35.1 Å². The van der Waals surface area contributed by atoms with Gasteiger partial charge in [0.05, 0.1) is 6.04 Å². The van der Waals surface area contributed by atoms with Crippen molar-refractivity contribution in [2.75, 3.05) is 16.8 Å². The molecule has 122 valence electrons. The Hall–Kier alpha value is -2.61. The monoisotopic (exact) mass is 339 g/mol. The lowest BCUT2D eigenvalue weighted by atomic mass is 10.1. The number of nitrogens with zero attached hydrogens (tertiary/aromatic N) is 6. The second kappa shape index (κ2) is 6.48. The van der Waals surface area contributed by atoms with Gasteiger partial charge in [-0.2, -0.15) is 0 Å². The molecule has 0 amide bonds. The van der Waals surface area contributed by atoms with E-state index in [1.807, 2.05) is 18.4 Å². The summed E-state index contributed by atoms with van der Waals surface area (Å²) in [5, 5.41) is 6.04. The molecule has 7 nitrogen and oxygen atoms in total. The fourth-order valence-corrected chi connectivity index (χ4v) is 3.53. The van der Waals surface area contributed by atoms with Crippen LogP contribution in [0, 0.1) is 6.92 Å². The van der Waals surface area contributed by atoms with Crippen LogP contribution in [0.4, 0.5) is 16.8 Å². The highest BCUT2D eigenvalue weighted by molar-refractivity contribution is 7.13. The largest absolute Gasteiger partial charge is 0.348 e. The summed E-state index contributed by atoms with van der Waals surface area (Å²) in [5.41, 5.74) is 1.90. The molecular formula is C16H17N7S. The normalized spacial score (nSPS) is 17.2. The van der Waals surface area contributed by atoms with Crippen LogP contribution in [0.5, 0.6) is 0 Å². The first-order valence-corrected chi connectivity index (χ1v) is 8.72. The zero-order valence-corrected chi connectivity index (χ0v) is 14.1. The lowest BCUT2D eigenvalue weighted by Crippen LogP contribution is -2.25. The van der Waals surface area contributed by atoms with E-state index >= 15 is 0 Å². The van der Waals surface area contributed by atoms with Gasteiger partial charge in [-0.3, -0.25) is 4.98 Å². The van der Waals surface area contributed by atoms with E-state index in [0.29, 0.717) is 0 Å². The SMILES string of the molecule is Cc1cc(N2CCCC2c2nccnc2Nc2nccs2)ncn1. The van der Waals surface area contributed by atoms with Gasteiger partial charge in [-0.15, -0.1) is 11.3 Å². The number of rotatable bonds is 4. The first-order chi connectivity index (χ1) is 11.8. The Bertz CT molecular complexity index is 821. The maximum Gasteiger partial charge on any atom is 0.188 e. The highest BCUT2D eigenvalue weighted by Gasteiger charge is 2.30. The first-order valence-electron chi connectivity index (χ1n) is 7.84. The Kier molecular flexibility index (Phi) is 4.04. The van der Waals surface area contributed by atoms with Gasteiger partial charge in [-0.1, -0.05) is 0 Å². The molecule has 0 spiro atoms. The third-order valence-corrected chi connectivity index (χ3v) is 4.72. The zero-order valence-electron chi connectivity index (χ0n) is 13.3. The Labute approximate surface area is 143 Å². The molecule has 0 saturated carbocycles. The number of nitrogens with one attached hydrogen (secondary N) is 1. The van der Waals surface area contributed by atoms with E-state index in [-0.39, 0.29) is 6.04 Å². The van der Waals surface area contributed by atoms with Crippen molar-refractivity contribution in [2.24, 2.45) is 0 Å². The molecule has 1 aliphatic heterocycles. The number of hydrogen-bond donors (Lipinski definition) is 1. The lowest BCUT2D eigenvalue weighted by molar-refractivity contribution is 0.684. The molecular weight excluding hydrogens is 322 g/mol. The summed E-state index contributed by atoms with van der Waals surface area (Å²) in [4.78, 5) is 24.3. The number of aryl methyl sites for hydroxylation is 1. The van der Waals surface area contributed by atoms with E-state index in [0.717, 1.165) is 47.5 Å². The molecule has 1 saturated heterocycles. The average Bonchev–Trinajstić information content (AvgIpc) is 3.27. The third kappa shape index (κ3) is 2.92. The fourth-order valence-electron chi connectivity index (χ4n) is 3.00. The predicted molar refractivity (Wildman–Crippen MR) is 93.5 cm³/mol. The van der Waals surface area contributed by atoms with Crippen molar-refractivity contribution >= 4 is 28.1 Å². The maximum atomic E-state index is 4.61. The molecule has 4 rings (SSSR count). The molecule has 1 aliphatic rings. The Morgan fingerprint density at radius 1 is 1.12 bits per heavy atom. The first kappa shape index (κ1) is 14.9. The van der Waals surface area contributed by atoms with Crippen LogP contribution in [0.3, 0.4) is 0 Å². The molecule has 3 aromatic rings. The summed E-state index contributed by atoms with van der Waals surface area (Å²) in [5.74, 6) is 1.70. The van der Waals surface area contributed by atoms with Gasteiger partial charge < -0.3 is 10.2 Å². The lowest BCUT2D eigenvalue weighted by Gasteiger charge is -2.26. The molecule has 1 fully saturated rings. The average molecular weight is 339 g/mol. The van der Waals surface area contributed by atoms with Crippen LogP contribution in [0.2, 0.25) is 0 Å². The summed E-state index contributed by atoms with van der Waals surface area (Å²) in [6.07, 6.45) is 8.95. The molecule has 0 aliphatic carbocycles. The van der Waals surface area contributed by atoms with Crippen molar-refractivity contribution < 1.29 is 0 Å². The summed E-state index contributed by atoms with van der Waals surface area (Å²) >= 11 is 1.54. The number of aromatic nitrogens is 5. The molecule has 1 N–H and O–H groups in total. The van der Waals surface area contributed by atoms with Gasteiger partial charge in [0, 0.05) is 42.3 Å². The van der Waals surface area contributed by atoms with Gasteiger partial charge in [0.2, 0.25) is 0 Å². The standard InChI is InChI=1S/C16H17N7S/c1-11-9-13(21-10-20-11)23-7-2-3-12(23)14-15(18-5-4-17-14)22-16-19-6-8-24-16/h4-6,8-10,12H,2-3,7H2,1H3,(H,18,19,22). The summed E-state index contributed by atoms with van der Waals surface area (Å²) < 4.78 is 0. The minimum absolute atomic E-state index is 0.149. The van der Waals surface area contributed by atoms with Crippen molar-refractivity contribution in [1.82, 2.24) is 24.9 Å². The molecule has 24 heavy (non-hydrogen) atoms. The van der Waals surface area contributed by atoms with Crippen molar-refractivity contribution in [3.63, 3.8) is 0 Å². The fraction of sp³-hybridized carbons (Fsp3) is 0.312. The van der Waals surface area contributed by atoms with E-state index in [1.54, 1.807) is 36.3 Å². The number of anilines is 3. The topological polar surface area (TPSA) is 79.7 Å². The quantitative estimate of drug-likeness (QED) is 0.782. The highest BCUT2D eigenvalue weighted by atomic mass is 32.1. The van der Waals surface area contributed by atoms with Crippen molar-refractivity contribution in [3.8, 4) is 0 Å². The molecule has 3 aromatic heterocycles. The van der Waals surface area contributed by atoms with Gasteiger partial charge in [0.25, 0.3) is 0 Å². The van der Waals surface area contributed by atoms with Crippen LogP contribution in [-0.4, -0.2) is 31.5 Å². The smallest absolute Gasteiger partial charge is 0.188 e. The molecule has 4 heterocycles. The van der Waals surface area contributed by atoms with Crippen LogP contribution >= 0.6 is 11.3 Å². The minimum atomic E-state index is 0.149. The van der Waals surface area contributed by atoms with Gasteiger partial charge in [-0.25, -0.2) is 19.9 Å². The molecule has 8 heteroatoms. The van der Waals surface area contributed by atoms with Crippen LogP contribution < -0.4 is 10.2 Å². The Balaban J connectivity index is 1.67.